The Balaban J connectivity index is 2.15. The Hall–Kier alpha value is -1.73. The molecule has 2 aromatic heterocycles. The molecule has 178 valence electrons. The van der Waals surface area contributed by atoms with E-state index >= 15 is 0 Å². The highest BCUT2D eigenvalue weighted by Crippen LogP contribution is 2.45. The highest BCUT2D eigenvalue weighted by Gasteiger charge is 2.27. The minimum Gasteiger partial charge on any atom is -0.321 e. The second kappa shape index (κ2) is 13.7. The first-order valence-corrected chi connectivity index (χ1v) is 12.2. The molecule has 0 aromatic carbocycles. The Morgan fingerprint density at radius 1 is 1.09 bits per heavy atom. The van der Waals surface area contributed by atoms with Gasteiger partial charge in [-0.2, -0.15) is 5.26 Å². The molecule has 0 fully saturated rings. The fourth-order valence-corrected chi connectivity index (χ4v) is 4.74. The van der Waals surface area contributed by atoms with Crippen molar-refractivity contribution in [3.8, 4) is 6.07 Å². The Morgan fingerprint density at radius 2 is 1.81 bits per heavy atom. The monoisotopic (exact) mass is 466 g/mol. The highest BCUT2D eigenvalue weighted by molar-refractivity contribution is 7.44. The average Bonchev–Trinajstić information content (AvgIpc) is 3.07. The van der Waals surface area contributed by atoms with Crippen LogP contribution >= 0.6 is 8.53 Å². The number of hydrogen-bond acceptors (Lipinski definition) is 9. The molecular formula is C21H35N6O4P. The number of aryl methyl sites for hydroxylation is 1. The van der Waals surface area contributed by atoms with Gasteiger partial charge in [-0.3, -0.25) is 0 Å². The molecule has 0 saturated carbocycles. The summed E-state index contributed by atoms with van der Waals surface area (Å²) in [6.07, 6.45) is 2.91. The minimum atomic E-state index is -1.31. The van der Waals surface area contributed by atoms with Crippen LogP contribution in [0.15, 0.2) is 6.20 Å². The molecule has 0 amide bonds. The molecule has 2 heterocycles. The third-order valence-corrected chi connectivity index (χ3v) is 6.53. The van der Waals surface area contributed by atoms with Crippen LogP contribution in [0.1, 0.15) is 59.1 Å². The van der Waals surface area contributed by atoms with Crippen LogP contribution in [-0.2, 0) is 32.0 Å². The summed E-state index contributed by atoms with van der Waals surface area (Å²) in [7, 11) is -1.31. The van der Waals surface area contributed by atoms with E-state index in [0.29, 0.717) is 50.0 Å². The van der Waals surface area contributed by atoms with Crippen molar-refractivity contribution in [2.45, 2.75) is 79.6 Å². The lowest BCUT2D eigenvalue weighted by atomic mass is 10.3. The predicted octanol–water partition coefficient (Wildman–Crippen LogP) is 4.29. The quantitative estimate of drug-likeness (QED) is 0.164. The van der Waals surface area contributed by atoms with Crippen LogP contribution in [0.2, 0.25) is 0 Å². The molecule has 2 aromatic rings. The Kier molecular flexibility index (Phi) is 11.4. The molecule has 11 heteroatoms. The van der Waals surface area contributed by atoms with Crippen molar-refractivity contribution in [1.29, 1.82) is 5.26 Å². The van der Waals surface area contributed by atoms with Gasteiger partial charge in [-0.15, -0.1) is 0 Å². The molecule has 2 rings (SSSR count). The maximum absolute atomic E-state index is 8.87. The van der Waals surface area contributed by atoms with Crippen LogP contribution in [0.5, 0.6) is 0 Å². The first-order valence-electron chi connectivity index (χ1n) is 11.0. The lowest BCUT2D eigenvalue weighted by Crippen LogP contribution is -2.34. The van der Waals surface area contributed by atoms with E-state index in [1.807, 2.05) is 18.4 Å². The molecule has 1 atom stereocenters. The van der Waals surface area contributed by atoms with E-state index in [2.05, 4.69) is 53.4 Å². The van der Waals surface area contributed by atoms with Crippen molar-refractivity contribution in [2.75, 3.05) is 19.8 Å². The van der Waals surface area contributed by atoms with Gasteiger partial charge < -0.3 is 13.6 Å². The Labute approximate surface area is 191 Å². The van der Waals surface area contributed by atoms with E-state index in [9.17, 15) is 0 Å². The van der Waals surface area contributed by atoms with E-state index < -0.39 is 8.53 Å². The standard InChI is InChI=1S/C21H35N6O4P/c1-7-11-28-29-15-20-25-19-14-23-18(6)24-21(19)26(20)10-13-31-32(30-12-8-9-22)27(16(2)3)17(4)5/h14,16-17H,7-8,10-13,15H2,1-6H3. The number of rotatable bonds is 15. The van der Waals surface area contributed by atoms with Gasteiger partial charge in [0.05, 0.1) is 38.5 Å². The molecule has 0 saturated heterocycles. The number of aromatic nitrogens is 4. The molecule has 0 bridgehead atoms. The van der Waals surface area contributed by atoms with E-state index in [-0.39, 0.29) is 18.7 Å². The molecule has 0 aliphatic carbocycles. The number of imidazole rings is 1. The van der Waals surface area contributed by atoms with Gasteiger partial charge in [-0.25, -0.2) is 29.4 Å². The second-order valence-electron chi connectivity index (χ2n) is 7.77. The van der Waals surface area contributed by atoms with Crippen LogP contribution in [0, 0.1) is 18.3 Å². The molecule has 0 N–H and O–H groups in total. The SMILES string of the molecule is CCCOOCc1nc2cnc(C)nc2n1CCOP(OCCC#N)N(C(C)C)C(C)C. The van der Waals surface area contributed by atoms with Gasteiger partial charge >= 0.3 is 0 Å². The zero-order chi connectivity index (χ0) is 23.5. The fourth-order valence-electron chi connectivity index (χ4n) is 3.16. The van der Waals surface area contributed by atoms with Gasteiger partial charge in [0.25, 0.3) is 8.53 Å². The summed E-state index contributed by atoms with van der Waals surface area (Å²) < 4.78 is 16.4. The number of nitriles is 1. The molecule has 0 aliphatic heterocycles. The third kappa shape index (κ3) is 7.69. The zero-order valence-electron chi connectivity index (χ0n) is 19.9. The largest absolute Gasteiger partial charge is 0.321 e. The maximum Gasteiger partial charge on any atom is 0.259 e. The molecule has 0 radical (unpaired) electrons. The van der Waals surface area contributed by atoms with Gasteiger partial charge in [0, 0.05) is 18.6 Å². The van der Waals surface area contributed by atoms with Gasteiger partial charge in [0.2, 0.25) is 0 Å². The van der Waals surface area contributed by atoms with Crippen molar-refractivity contribution >= 4 is 19.7 Å². The third-order valence-electron chi connectivity index (χ3n) is 4.42. The zero-order valence-corrected chi connectivity index (χ0v) is 20.8. The van der Waals surface area contributed by atoms with Gasteiger partial charge in [0.15, 0.2) is 5.65 Å². The van der Waals surface area contributed by atoms with Crippen LogP contribution in [0.25, 0.3) is 11.2 Å². The van der Waals surface area contributed by atoms with Crippen LogP contribution in [-0.4, -0.2) is 56.1 Å². The number of hydrogen-bond donors (Lipinski definition) is 0. The molecular weight excluding hydrogens is 431 g/mol. The van der Waals surface area contributed by atoms with Crippen LogP contribution in [0.4, 0.5) is 0 Å². The first-order chi connectivity index (χ1) is 15.4. The molecule has 10 nitrogen and oxygen atoms in total. The molecule has 1 unspecified atom stereocenters. The normalized spacial score (nSPS) is 12.9. The van der Waals surface area contributed by atoms with Gasteiger partial charge in [-0.05, 0) is 41.0 Å². The Morgan fingerprint density at radius 3 is 2.47 bits per heavy atom. The smallest absolute Gasteiger partial charge is 0.259 e. The average molecular weight is 467 g/mol. The van der Waals surface area contributed by atoms with E-state index in [0.717, 1.165) is 12.1 Å². The second-order valence-corrected chi connectivity index (χ2v) is 9.22. The van der Waals surface area contributed by atoms with Crippen molar-refractivity contribution in [3.63, 3.8) is 0 Å². The minimum absolute atomic E-state index is 0.201. The van der Waals surface area contributed by atoms with Gasteiger partial charge in [-0.1, -0.05) is 6.92 Å². The summed E-state index contributed by atoms with van der Waals surface area (Å²) in [4.78, 5) is 23.9. The van der Waals surface area contributed by atoms with Crippen molar-refractivity contribution in [1.82, 2.24) is 24.2 Å². The highest BCUT2D eigenvalue weighted by atomic mass is 31.2. The van der Waals surface area contributed by atoms with E-state index in [1.54, 1.807) is 6.20 Å². The number of nitrogens with zero attached hydrogens (tertiary/aromatic N) is 6. The Bertz CT molecular complexity index is 862. The summed E-state index contributed by atoms with van der Waals surface area (Å²) in [5, 5.41) is 8.87. The summed E-state index contributed by atoms with van der Waals surface area (Å²) >= 11 is 0. The van der Waals surface area contributed by atoms with Gasteiger partial charge in [0.1, 0.15) is 23.8 Å². The summed E-state index contributed by atoms with van der Waals surface area (Å²) in [6.45, 7) is 14.3. The van der Waals surface area contributed by atoms with E-state index in [4.69, 9.17) is 24.1 Å². The van der Waals surface area contributed by atoms with Crippen molar-refractivity contribution in [2.24, 2.45) is 0 Å². The topological polar surface area (TPSA) is 108 Å². The maximum atomic E-state index is 8.87. The van der Waals surface area contributed by atoms with Crippen molar-refractivity contribution in [3.05, 3.63) is 17.8 Å². The molecule has 32 heavy (non-hydrogen) atoms. The van der Waals surface area contributed by atoms with Crippen LogP contribution < -0.4 is 0 Å². The molecule has 0 spiro atoms. The lowest BCUT2D eigenvalue weighted by molar-refractivity contribution is -0.305. The summed E-state index contributed by atoms with van der Waals surface area (Å²) in [5.74, 6) is 1.36. The fraction of sp³-hybridized carbons (Fsp3) is 0.714. The first kappa shape index (κ1) is 26.5. The van der Waals surface area contributed by atoms with Crippen LogP contribution in [0.3, 0.4) is 0 Å². The summed E-state index contributed by atoms with van der Waals surface area (Å²) in [6, 6.07) is 2.61. The molecule has 0 aliphatic rings. The summed E-state index contributed by atoms with van der Waals surface area (Å²) in [5.41, 5.74) is 1.43. The predicted molar refractivity (Wildman–Crippen MR) is 122 cm³/mol. The lowest BCUT2D eigenvalue weighted by Gasteiger charge is -2.35. The van der Waals surface area contributed by atoms with E-state index in [1.165, 1.54) is 0 Å². The van der Waals surface area contributed by atoms with Crippen molar-refractivity contribution < 1.29 is 18.8 Å². The number of fused-ring (bicyclic) bond motifs is 1.